The van der Waals surface area contributed by atoms with Crippen molar-refractivity contribution < 1.29 is 9.72 Å². The maximum absolute atomic E-state index is 12.0. The fourth-order valence-electron chi connectivity index (χ4n) is 2.10. The number of carbonyl (C=O) groups is 1. The van der Waals surface area contributed by atoms with Gasteiger partial charge >= 0.3 is 0 Å². The predicted molar refractivity (Wildman–Crippen MR) is 98.3 cm³/mol. The van der Waals surface area contributed by atoms with Gasteiger partial charge in [-0.05, 0) is 23.8 Å². The molecule has 1 N–H and O–H groups in total. The van der Waals surface area contributed by atoms with Gasteiger partial charge in [0.25, 0.3) is 5.69 Å². The molecule has 0 fully saturated rings. The lowest BCUT2D eigenvalue weighted by molar-refractivity contribution is -0.384. The highest BCUT2D eigenvalue weighted by molar-refractivity contribution is 7.14. The van der Waals surface area contributed by atoms with Crippen molar-refractivity contribution in [3.8, 4) is 11.3 Å². The summed E-state index contributed by atoms with van der Waals surface area (Å²) in [4.78, 5) is 26.5. The van der Waals surface area contributed by atoms with E-state index in [1.165, 1.54) is 29.5 Å². The predicted octanol–water partition coefficient (Wildman–Crippen LogP) is 4.37. The van der Waals surface area contributed by atoms with Crippen LogP contribution >= 0.6 is 11.3 Å². The van der Waals surface area contributed by atoms with Crippen LogP contribution in [-0.4, -0.2) is 15.8 Å². The lowest BCUT2D eigenvalue weighted by Gasteiger charge is -1.97. The van der Waals surface area contributed by atoms with Gasteiger partial charge in [0, 0.05) is 29.2 Å². The molecule has 0 unspecified atom stereocenters. The first kappa shape index (κ1) is 16.5. The summed E-state index contributed by atoms with van der Waals surface area (Å²) in [6.45, 7) is 0. The van der Waals surface area contributed by atoms with E-state index >= 15 is 0 Å². The summed E-state index contributed by atoms with van der Waals surface area (Å²) < 4.78 is 0. The zero-order valence-electron chi connectivity index (χ0n) is 13.0. The molecule has 0 radical (unpaired) electrons. The van der Waals surface area contributed by atoms with Crippen molar-refractivity contribution in [2.45, 2.75) is 0 Å². The minimum absolute atomic E-state index is 0.0119. The van der Waals surface area contributed by atoms with Crippen molar-refractivity contribution in [1.29, 1.82) is 0 Å². The minimum Gasteiger partial charge on any atom is -0.298 e. The molecule has 124 valence electrons. The van der Waals surface area contributed by atoms with Gasteiger partial charge in [0.2, 0.25) is 5.91 Å². The van der Waals surface area contributed by atoms with E-state index in [2.05, 4.69) is 10.3 Å². The van der Waals surface area contributed by atoms with Crippen molar-refractivity contribution in [3.63, 3.8) is 0 Å². The molecule has 2 aromatic carbocycles. The number of hydrogen-bond donors (Lipinski definition) is 1. The molecule has 1 amide bonds. The molecule has 6 nitrogen and oxygen atoms in total. The third-order valence-corrected chi connectivity index (χ3v) is 4.09. The molecule has 1 aromatic heterocycles. The Balaban J connectivity index is 1.63. The van der Waals surface area contributed by atoms with Gasteiger partial charge in [-0.3, -0.25) is 20.2 Å². The van der Waals surface area contributed by atoms with E-state index in [4.69, 9.17) is 0 Å². The number of nitro benzene ring substituents is 1. The first-order valence-corrected chi connectivity index (χ1v) is 8.24. The number of nitro groups is 1. The van der Waals surface area contributed by atoms with Crippen LogP contribution in [0.5, 0.6) is 0 Å². The summed E-state index contributed by atoms with van der Waals surface area (Å²) in [7, 11) is 0. The topological polar surface area (TPSA) is 85.1 Å². The van der Waals surface area contributed by atoms with Crippen molar-refractivity contribution in [2.75, 3.05) is 5.32 Å². The number of aromatic nitrogens is 1. The second kappa shape index (κ2) is 7.50. The van der Waals surface area contributed by atoms with E-state index in [0.29, 0.717) is 10.7 Å². The molecule has 7 heteroatoms. The number of amides is 1. The number of nitrogens with zero attached hydrogens (tertiary/aromatic N) is 2. The SMILES string of the molecule is O=C(C=Cc1ccc([N+](=O)[O-])cc1)Nc1nc(-c2ccccc2)cs1. The molecule has 0 atom stereocenters. The van der Waals surface area contributed by atoms with Crippen LogP contribution in [0.25, 0.3) is 17.3 Å². The van der Waals surface area contributed by atoms with E-state index in [0.717, 1.165) is 11.3 Å². The second-order valence-corrected chi connectivity index (χ2v) is 5.93. The molecule has 3 aromatic rings. The van der Waals surface area contributed by atoms with Crippen LogP contribution in [0.4, 0.5) is 10.8 Å². The first-order chi connectivity index (χ1) is 12.1. The number of rotatable bonds is 5. The fourth-order valence-corrected chi connectivity index (χ4v) is 2.82. The molecule has 1 heterocycles. The van der Waals surface area contributed by atoms with Gasteiger partial charge < -0.3 is 0 Å². The molecule has 0 aliphatic heterocycles. The summed E-state index contributed by atoms with van der Waals surface area (Å²) >= 11 is 1.35. The number of non-ortho nitro benzene ring substituents is 1. The third-order valence-electron chi connectivity index (χ3n) is 3.33. The number of anilines is 1. The van der Waals surface area contributed by atoms with Crippen molar-refractivity contribution >= 4 is 34.1 Å². The van der Waals surface area contributed by atoms with Crippen LogP contribution in [-0.2, 0) is 4.79 Å². The van der Waals surface area contributed by atoms with Crippen LogP contribution in [0.15, 0.2) is 66.1 Å². The molecule has 0 bridgehead atoms. The molecule has 0 spiro atoms. The Morgan fingerprint density at radius 2 is 1.84 bits per heavy atom. The van der Waals surface area contributed by atoms with Crippen LogP contribution < -0.4 is 5.32 Å². The van der Waals surface area contributed by atoms with Gasteiger partial charge in [-0.15, -0.1) is 11.3 Å². The molecule has 0 saturated heterocycles. The maximum Gasteiger partial charge on any atom is 0.269 e. The van der Waals surface area contributed by atoms with Crippen LogP contribution in [0, 0.1) is 10.1 Å². The van der Waals surface area contributed by atoms with Crippen LogP contribution in [0.1, 0.15) is 5.56 Å². The highest BCUT2D eigenvalue weighted by Crippen LogP contribution is 2.24. The van der Waals surface area contributed by atoms with Gasteiger partial charge in [0.05, 0.1) is 10.6 Å². The number of nitrogens with one attached hydrogen (secondary N) is 1. The molecule has 3 rings (SSSR count). The number of benzene rings is 2. The number of carbonyl (C=O) groups excluding carboxylic acids is 1. The summed E-state index contributed by atoms with van der Waals surface area (Å²) in [6, 6.07) is 15.7. The Kier molecular flexibility index (Phi) is 4.96. The van der Waals surface area contributed by atoms with Crippen LogP contribution in [0.3, 0.4) is 0 Å². The highest BCUT2D eigenvalue weighted by Gasteiger charge is 2.06. The average Bonchev–Trinajstić information content (AvgIpc) is 3.09. The minimum atomic E-state index is -0.465. The lowest BCUT2D eigenvalue weighted by Crippen LogP contribution is -2.07. The Morgan fingerprint density at radius 3 is 2.52 bits per heavy atom. The number of hydrogen-bond acceptors (Lipinski definition) is 5. The van der Waals surface area contributed by atoms with Gasteiger partial charge in [0.15, 0.2) is 5.13 Å². The van der Waals surface area contributed by atoms with E-state index < -0.39 is 4.92 Å². The fraction of sp³-hybridized carbons (Fsp3) is 0. The molecule has 0 saturated carbocycles. The third kappa shape index (κ3) is 4.36. The van der Waals surface area contributed by atoms with Gasteiger partial charge in [-0.25, -0.2) is 4.98 Å². The van der Waals surface area contributed by atoms with Gasteiger partial charge in [-0.1, -0.05) is 30.3 Å². The van der Waals surface area contributed by atoms with E-state index in [-0.39, 0.29) is 11.6 Å². The monoisotopic (exact) mass is 351 g/mol. The Hall–Kier alpha value is -3.32. The normalized spacial score (nSPS) is 10.7. The summed E-state index contributed by atoms with van der Waals surface area (Å²) in [6.07, 6.45) is 2.95. The molecule has 0 aliphatic rings. The van der Waals surface area contributed by atoms with E-state index in [1.807, 2.05) is 35.7 Å². The smallest absolute Gasteiger partial charge is 0.269 e. The summed E-state index contributed by atoms with van der Waals surface area (Å²) in [5, 5.41) is 15.7. The summed E-state index contributed by atoms with van der Waals surface area (Å²) in [5.41, 5.74) is 2.50. The van der Waals surface area contributed by atoms with E-state index in [9.17, 15) is 14.9 Å². The van der Waals surface area contributed by atoms with Crippen molar-refractivity contribution in [1.82, 2.24) is 4.98 Å². The Morgan fingerprint density at radius 1 is 1.12 bits per heavy atom. The summed E-state index contributed by atoms with van der Waals surface area (Å²) in [5.74, 6) is -0.313. The molecule has 0 aliphatic carbocycles. The quantitative estimate of drug-likeness (QED) is 0.420. The van der Waals surface area contributed by atoms with E-state index in [1.54, 1.807) is 18.2 Å². The largest absolute Gasteiger partial charge is 0.298 e. The number of thiazole rings is 1. The molecule has 25 heavy (non-hydrogen) atoms. The zero-order valence-corrected chi connectivity index (χ0v) is 13.8. The zero-order chi connectivity index (χ0) is 17.6. The maximum atomic E-state index is 12.0. The van der Waals surface area contributed by atoms with Gasteiger partial charge in [0.1, 0.15) is 0 Å². The Labute approximate surface area is 147 Å². The van der Waals surface area contributed by atoms with Crippen LogP contribution in [0.2, 0.25) is 0 Å². The first-order valence-electron chi connectivity index (χ1n) is 7.36. The molecular weight excluding hydrogens is 338 g/mol. The standard InChI is InChI=1S/C18H13N3O3S/c22-17(11-8-13-6-9-15(10-7-13)21(23)24)20-18-19-16(12-25-18)14-4-2-1-3-5-14/h1-12H,(H,19,20,22). The van der Waals surface area contributed by atoms with Crippen molar-refractivity contribution in [2.24, 2.45) is 0 Å². The lowest BCUT2D eigenvalue weighted by atomic mass is 10.2. The second-order valence-electron chi connectivity index (χ2n) is 5.08. The highest BCUT2D eigenvalue weighted by atomic mass is 32.1. The van der Waals surface area contributed by atoms with Crippen molar-refractivity contribution in [3.05, 3.63) is 81.7 Å². The average molecular weight is 351 g/mol. The molecular formula is C18H13N3O3S. The Bertz CT molecular complexity index is 918. The van der Waals surface area contributed by atoms with Gasteiger partial charge in [-0.2, -0.15) is 0 Å².